The van der Waals surface area contributed by atoms with E-state index in [-0.39, 0.29) is 0 Å². The van der Waals surface area contributed by atoms with Gasteiger partial charge in [-0.25, -0.2) is 0 Å². The highest BCUT2D eigenvalue weighted by atomic mass is 16.5. The Bertz CT molecular complexity index is 80.6. The Morgan fingerprint density at radius 1 is 1.56 bits per heavy atom. The van der Waals surface area contributed by atoms with Crippen LogP contribution in [0.4, 0.5) is 0 Å². The third kappa shape index (κ3) is 1.68. The van der Waals surface area contributed by atoms with E-state index in [2.05, 4.69) is 13.8 Å². The molecule has 1 saturated heterocycles. The molecule has 1 nitrogen and oxygen atoms in total. The first-order chi connectivity index (χ1) is 4.34. The van der Waals surface area contributed by atoms with Crippen LogP contribution in [0.5, 0.6) is 0 Å². The van der Waals surface area contributed by atoms with E-state index < -0.39 is 0 Å². The van der Waals surface area contributed by atoms with Crippen molar-refractivity contribution >= 4 is 0 Å². The predicted molar refractivity (Wildman–Crippen MR) is 38.4 cm³/mol. The Morgan fingerprint density at radius 3 is 2.78 bits per heavy atom. The lowest BCUT2D eigenvalue weighted by atomic mass is 10.0. The maximum absolute atomic E-state index is 5.51. The molecular formula is C8H16O. The van der Waals surface area contributed by atoms with E-state index >= 15 is 0 Å². The minimum absolute atomic E-state index is 0.579. The summed E-state index contributed by atoms with van der Waals surface area (Å²) in [6, 6.07) is 0. The summed E-state index contributed by atoms with van der Waals surface area (Å²) in [6.45, 7) is 5.49. The van der Waals surface area contributed by atoms with Crippen LogP contribution in [0.2, 0.25) is 0 Å². The molecule has 0 radical (unpaired) electrons. The first kappa shape index (κ1) is 7.07. The lowest BCUT2D eigenvalue weighted by molar-refractivity contribution is 0.0865. The molecule has 0 saturated carbocycles. The Balaban J connectivity index is 2.22. The van der Waals surface area contributed by atoms with E-state index in [1.165, 1.54) is 19.3 Å². The smallest absolute Gasteiger partial charge is 0.0601 e. The van der Waals surface area contributed by atoms with Gasteiger partial charge in [-0.15, -0.1) is 0 Å². The summed E-state index contributed by atoms with van der Waals surface area (Å²) >= 11 is 0. The van der Waals surface area contributed by atoms with Crippen molar-refractivity contribution in [2.45, 2.75) is 39.2 Å². The molecule has 0 amide bonds. The SMILES string of the molecule is CCCC1OCCC1C. The summed E-state index contributed by atoms with van der Waals surface area (Å²) < 4.78 is 5.51. The Labute approximate surface area is 57.4 Å². The van der Waals surface area contributed by atoms with Gasteiger partial charge in [0.2, 0.25) is 0 Å². The van der Waals surface area contributed by atoms with Crippen LogP contribution in [0, 0.1) is 5.92 Å². The second kappa shape index (κ2) is 3.21. The van der Waals surface area contributed by atoms with Crippen molar-refractivity contribution < 1.29 is 4.74 Å². The van der Waals surface area contributed by atoms with E-state index in [4.69, 9.17) is 4.74 Å². The zero-order valence-corrected chi connectivity index (χ0v) is 6.39. The molecule has 2 atom stereocenters. The van der Waals surface area contributed by atoms with Crippen LogP contribution < -0.4 is 0 Å². The zero-order chi connectivity index (χ0) is 6.69. The van der Waals surface area contributed by atoms with Crippen LogP contribution in [0.25, 0.3) is 0 Å². The largest absolute Gasteiger partial charge is 0.378 e. The van der Waals surface area contributed by atoms with Crippen LogP contribution in [-0.4, -0.2) is 12.7 Å². The van der Waals surface area contributed by atoms with Gasteiger partial charge in [-0.1, -0.05) is 20.3 Å². The van der Waals surface area contributed by atoms with E-state index in [1.807, 2.05) is 0 Å². The quantitative estimate of drug-likeness (QED) is 0.554. The molecule has 0 aromatic heterocycles. The highest BCUT2D eigenvalue weighted by molar-refractivity contribution is 4.71. The molecule has 0 aliphatic carbocycles. The summed E-state index contributed by atoms with van der Waals surface area (Å²) in [4.78, 5) is 0. The topological polar surface area (TPSA) is 9.23 Å². The zero-order valence-electron chi connectivity index (χ0n) is 6.39. The summed E-state index contributed by atoms with van der Waals surface area (Å²) in [5, 5.41) is 0. The van der Waals surface area contributed by atoms with Crippen molar-refractivity contribution in [3.63, 3.8) is 0 Å². The van der Waals surface area contributed by atoms with Gasteiger partial charge in [0.1, 0.15) is 0 Å². The fourth-order valence-electron chi connectivity index (χ4n) is 1.41. The number of hydrogen-bond donors (Lipinski definition) is 0. The van der Waals surface area contributed by atoms with Crippen LogP contribution in [0.3, 0.4) is 0 Å². The van der Waals surface area contributed by atoms with Gasteiger partial charge in [-0.3, -0.25) is 0 Å². The molecule has 0 aromatic carbocycles. The van der Waals surface area contributed by atoms with Crippen LogP contribution >= 0.6 is 0 Å². The molecule has 1 heteroatoms. The van der Waals surface area contributed by atoms with Gasteiger partial charge < -0.3 is 4.74 Å². The average molecular weight is 128 g/mol. The molecule has 0 spiro atoms. The molecule has 1 aliphatic heterocycles. The second-order valence-corrected chi connectivity index (χ2v) is 2.96. The minimum atomic E-state index is 0.579. The number of rotatable bonds is 2. The Hall–Kier alpha value is -0.0400. The maximum Gasteiger partial charge on any atom is 0.0601 e. The molecule has 1 heterocycles. The van der Waals surface area contributed by atoms with Gasteiger partial charge in [0, 0.05) is 6.61 Å². The summed E-state index contributed by atoms with van der Waals surface area (Å²) in [6.07, 6.45) is 4.36. The van der Waals surface area contributed by atoms with Gasteiger partial charge in [-0.05, 0) is 18.8 Å². The highest BCUT2D eigenvalue weighted by Crippen LogP contribution is 2.23. The van der Waals surface area contributed by atoms with Crippen LogP contribution in [0.1, 0.15) is 33.1 Å². The molecule has 0 bridgehead atoms. The van der Waals surface area contributed by atoms with Crippen LogP contribution in [0.15, 0.2) is 0 Å². The molecule has 54 valence electrons. The van der Waals surface area contributed by atoms with Gasteiger partial charge >= 0.3 is 0 Å². The average Bonchev–Trinajstić information content (AvgIpc) is 2.18. The minimum Gasteiger partial charge on any atom is -0.378 e. The van der Waals surface area contributed by atoms with Crippen molar-refractivity contribution in [2.75, 3.05) is 6.61 Å². The third-order valence-corrected chi connectivity index (χ3v) is 2.11. The second-order valence-electron chi connectivity index (χ2n) is 2.96. The molecule has 0 N–H and O–H groups in total. The van der Waals surface area contributed by atoms with Gasteiger partial charge in [-0.2, -0.15) is 0 Å². The third-order valence-electron chi connectivity index (χ3n) is 2.11. The lowest BCUT2D eigenvalue weighted by Gasteiger charge is -2.11. The molecular weight excluding hydrogens is 112 g/mol. The Morgan fingerprint density at radius 2 is 2.33 bits per heavy atom. The molecule has 1 aliphatic rings. The fourth-order valence-corrected chi connectivity index (χ4v) is 1.41. The van der Waals surface area contributed by atoms with E-state index in [0.717, 1.165) is 12.5 Å². The van der Waals surface area contributed by atoms with Gasteiger partial charge in [0.25, 0.3) is 0 Å². The maximum atomic E-state index is 5.51. The van der Waals surface area contributed by atoms with Crippen molar-refractivity contribution in [1.29, 1.82) is 0 Å². The van der Waals surface area contributed by atoms with Crippen LogP contribution in [-0.2, 0) is 4.74 Å². The fraction of sp³-hybridized carbons (Fsp3) is 1.00. The highest BCUT2D eigenvalue weighted by Gasteiger charge is 2.22. The normalized spacial score (nSPS) is 35.3. The first-order valence-corrected chi connectivity index (χ1v) is 3.96. The number of hydrogen-bond acceptors (Lipinski definition) is 1. The molecule has 9 heavy (non-hydrogen) atoms. The molecule has 0 aromatic rings. The number of ether oxygens (including phenoxy) is 1. The van der Waals surface area contributed by atoms with Gasteiger partial charge in [0.05, 0.1) is 6.10 Å². The van der Waals surface area contributed by atoms with E-state index in [0.29, 0.717) is 6.10 Å². The van der Waals surface area contributed by atoms with Crippen molar-refractivity contribution in [3.05, 3.63) is 0 Å². The Kier molecular flexibility index (Phi) is 2.52. The monoisotopic (exact) mass is 128 g/mol. The van der Waals surface area contributed by atoms with Gasteiger partial charge in [0.15, 0.2) is 0 Å². The summed E-state index contributed by atoms with van der Waals surface area (Å²) in [5.74, 6) is 0.810. The predicted octanol–water partition coefficient (Wildman–Crippen LogP) is 2.21. The standard InChI is InChI=1S/C8H16O/c1-3-4-8-7(2)5-6-9-8/h7-8H,3-6H2,1-2H3. The van der Waals surface area contributed by atoms with Crippen molar-refractivity contribution in [3.8, 4) is 0 Å². The summed E-state index contributed by atoms with van der Waals surface area (Å²) in [7, 11) is 0. The van der Waals surface area contributed by atoms with E-state index in [1.54, 1.807) is 0 Å². The molecule has 1 fully saturated rings. The van der Waals surface area contributed by atoms with E-state index in [9.17, 15) is 0 Å². The van der Waals surface area contributed by atoms with Crippen molar-refractivity contribution in [1.82, 2.24) is 0 Å². The summed E-state index contributed by atoms with van der Waals surface area (Å²) in [5.41, 5.74) is 0. The van der Waals surface area contributed by atoms with Crippen molar-refractivity contribution in [2.24, 2.45) is 5.92 Å². The molecule has 2 unspecified atom stereocenters. The molecule has 1 rings (SSSR count). The first-order valence-electron chi connectivity index (χ1n) is 3.96. The lowest BCUT2D eigenvalue weighted by Crippen LogP contribution is -2.11.